The first kappa shape index (κ1) is 11.5. The fraction of sp³-hybridized carbons (Fsp3) is 0.133. The lowest BCUT2D eigenvalue weighted by Crippen LogP contribution is -2.33. The van der Waals surface area contributed by atoms with Gasteiger partial charge in [0.15, 0.2) is 11.0 Å². The number of aromatic amines is 1. The van der Waals surface area contributed by atoms with Crippen molar-refractivity contribution in [3.05, 3.63) is 53.0 Å². The van der Waals surface area contributed by atoms with Crippen LogP contribution in [0, 0.1) is 0 Å². The van der Waals surface area contributed by atoms with Gasteiger partial charge < -0.3 is 0 Å². The van der Waals surface area contributed by atoms with Crippen LogP contribution in [0.5, 0.6) is 0 Å². The van der Waals surface area contributed by atoms with Gasteiger partial charge in [-0.25, -0.2) is 9.55 Å². The lowest BCUT2D eigenvalue weighted by molar-refractivity contribution is -0.656. The van der Waals surface area contributed by atoms with E-state index < -0.39 is 0 Å². The summed E-state index contributed by atoms with van der Waals surface area (Å²) in [5.41, 5.74) is 3.63. The van der Waals surface area contributed by atoms with Gasteiger partial charge >= 0.3 is 0 Å². The van der Waals surface area contributed by atoms with E-state index in [1.165, 1.54) is 16.6 Å². The van der Waals surface area contributed by atoms with Gasteiger partial charge in [0.2, 0.25) is 0 Å². The summed E-state index contributed by atoms with van der Waals surface area (Å²) in [4.78, 5) is 3.50. The minimum absolute atomic E-state index is 0.954. The first-order valence-electron chi connectivity index (χ1n) is 6.06. The molecule has 0 aliphatic rings. The van der Waals surface area contributed by atoms with E-state index in [-0.39, 0.29) is 0 Å². The summed E-state index contributed by atoms with van der Waals surface area (Å²) in [6, 6.07) is 16.8. The van der Waals surface area contributed by atoms with Crippen molar-refractivity contribution >= 4 is 27.0 Å². The molecule has 1 N–H and O–H groups in total. The number of H-pyrrole nitrogens is 1. The topological polar surface area (TPSA) is 19.7 Å². The van der Waals surface area contributed by atoms with E-state index >= 15 is 0 Å². The Morgan fingerprint density at radius 1 is 1.06 bits per heavy atom. The fourth-order valence-electron chi connectivity index (χ4n) is 2.29. The molecule has 0 unspecified atom stereocenters. The molecule has 1 heterocycles. The molecule has 0 amide bonds. The molecule has 0 fully saturated rings. The maximum absolute atomic E-state index is 3.50. The van der Waals surface area contributed by atoms with Crippen LogP contribution in [0.2, 0.25) is 0 Å². The van der Waals surface area contributed by atoms with Crippen LogP contribution in [-0.2, 0) is 6.54 Å². The Balaban J connectivity index is 2.25. The number of nitrogens with zero attached hydrogens (tertiary/aromatic N) is 1. The molecule has 0 saturated heterocycles. The van der Waals surface area contributed by atoms with E-state index in [9.17, 15) is 0 Å². The van der Waals surface area contributed by atoms with Crippen molar-refractivity contribution in [1.82, 2.24) is 4.98 Å². The number of benzene rings is 2. The minimum Gasteiger partial charge on any atom is -0.236 e. The van der Waals surface area contributed by atoms with E-state index in [1.54, 1.807) is 0 Å². The first-order chi connectivity index (χ1) is 8.79. The summed E-state index contributed by atoms with van der Waals surface area (Å²) in [6.45, 7) is 3.12. The molecule has 0 radical (unpaired) electrons. The van der Waals surface area contributed by atoms with Crippen molar-refractivity contribution in [3.63, 3.8) is 0 Å². The molecule has 0 atom stereocenters. The molecular weight excluding hydrogens is 288 g/mol. The predicted octanol–water partition coefficient (Wildman–Crippen LogP) is 3.90. The van der Waals surface area contributed by atoms with Gasteiger partial charge in [0.1, 0.15) is 0 Å². The quantitative estimate of drug-likeness (QED) is 0.693. The number of imidazole rings is 1. The molecule has 0 spiro atoms. The van der Waals surface area contributed by atoms with Crippen LogP contribution < -0.4 is 4.57 Å². The molecule has 0 saturated carbocycles. The maximum atomic E-state index is 3.50. The minimum atomic E-state index is 0.954. The van der Waals surface area contributed by atoms with Crippen molar-refractivity contribution in [3.8, 4) is 11.4 Å². The molecule has 1 aromatic heterocycles. The standard InChI is InChI=1S/C15H13BrN2/c1-2-18-14-6-4-3-5-13(14)17-15(18)11-7-9-12(16)10-8-11/h3-10H,2H2,1H3/p+1. The Morgan fingerprint density at radius 2 is 1.78 bits per heavy atom. The fourth-order valence-corrected chi connectivity index (χ4v) is 2.56. The predicted molar refractivity (Wildman–Crippen MR) is 77.3 cm³/mol. The average Bonchev–Trinajstić information content (AvgIpc) is 2.78. The number of nitrogens with one attached hydrogen (secondary N) is 1. The van der Waals surface area contributed by atoms with Crippen molar-refractivity contribution < 1.29 is 4.57 Å². The Kier molecular flexibility index (Phi) is 2.92. The molecule has 3 rings (SSSR count). The lowest BCUT2D eigenvalue weighted by Gasteiger charge is -1.98. The highest BCUT2D eigenvalue weighted by atomic mass is 79.9. The molecule has 2 aromatic carbocycles. The molecule has 3 aromatic rings. The third-order valence-electron chi connectivity index (χ3n) is 3.15. The third kappa shape index (κ3) is 1.85. The van der Waals surface area contributed by atoms with Gasteiger partial charge in [-0.15, -0.1) is 0 Å². The van der Waals surface area contributed by atoms with Gasteiger partial charge in [0, 0.05) is 4.47 Å². The highest BCUT2D eigenvalue weighted by Gasteiger charge is 2.17. The van der Waals surface area contributed by atoms with E-state index in [2.05, 4.69) is 80.9 Å². The summed E-state index contributed by atoms with van der Waals surface area (Å²) in [7, 11) is 0. The number of fused-ring (bicyclic) bond motifs is 1. The van der Waals surface area contributed by atoms with Crippen LogP contribution in [0.1, 0.15) is 6.92 Å². The Labute approximate surface area is 114 Å². The normalized spacial score (nSPS) is 11.0. The molecule has 90 valence electrons. The lowest BCUT2D eigenvalue weighted by atomic mass is 10.2. The highest BCUT2D eigenvalue weighted by molar-refractivity contribution is 9.10. The highest BCUT2D eigenvalue weighted by Crippen LogP contribution is 2.20. The molecule has 0 bridgehead atoms. The second-order valence-corrected chi connectivity index (χ2v) is 5.16. The Morgan fingerprint density at radius 3 is 2.50 bits per heavy atom. The molecule has 0 aliphatic heterocycles. The van der Waals surface area contributed by atoms with Crippen LogP contribution in [0.4, 0.5) is 0 Å². The first-order valence-corrected chi connectivity index (χ1v) is 6.85. The summed E-state index contributed by atoms with van der Waals surface area (Å²) in [5.74, 6) is 1.16. The second-order valence-electron chi connectivity index (χ2n) is 4.24. The van der Waals surface area contributed by atoms with Gasteiger partial charge in [-0.2, -0.15) is 0 Å². The van der Waals surface area contributed by atoms with Crippen LogP contribution in [-0.4, -0.2) is 4.98 Å². The van der Waals surface area contributed by atoms with Gasteiger partial charge in [-0.1, -0.05) is 28.1 Å². The van der Waals surface area contributed by atoms with Crippen LogP contribution >= 0.6 is 15.9 Å². The monoisotopic (exact) mass is 301 g/mol. The summed E-state index contributed by atoms with van der Waals surface area (Å²) in [6.07, 6.45) is 0. The van der Waals surface area contributed by atoms with Gasteiger partial charge in [-0.05, 0) is 43.3 Å². The number of hydrogen-bond acceptors (Lipinski definition) is 0. The van der Waals surface area contributed by atoms with Crippen molar-refractivity contribution in [2.24, 2.45) is 0 Å². The van der Waals surface area contributed by atoms with Crippen LogP contribution in [0.15, 0.2) is 53.0 Å². The second kappa shape index (κ2) is 4.58. The van der Waals surface area contributed by atoms with Gasteiger partial charge in [-0.3, -0.25) is 0 Å². The zero-order valence-corrected chi connectivity index (χ0v) is 11.7. The molecule has 2 nitrogen and oxygen atoms in total. The van der Waals surface area contributed by atoms with Crippen LogP contribution in [0.3, 0.4) is 0 Å². The molecule has 0 aliphatic carbocycles. The summed E-state index contributed by atoms with van der Waals surface area (Å²) in [5, 5.41) is 0. The zero-order valence-electron chi connectivity index (χ0n) is 10.2. The van der Waals surface area contributed by atoms with Crippen molar-refractivity contribution in [1.29, 1.82) is 0 Å². The smallest absolute Gasteiger partial charge is 0.236 e. The summed E-state index contributed by atoms with van der Waals surface area (Å²) < 4.78 is 3.41. The molecule has 18 heavy (non-hydrogen) atoms. The van der Waals surface area contributed by atoms with E-state index in [0.717, 1.165) is 16.8 Å². The third-order valence-corrected chi connectivity index (χ3v) is 3.68. The van der Waals surface area contributed by atoms with Crippen molar-refractivity contribution in [2.75, 3.05) is 0 Å². The average molecular weight is 302 g/mol. The number of aromatic nitrogens is 2. The number of hydrogen-bond donors (Lipinski definition) is 1. The van der Waals surface area contributed by atoms with E-state index in [1.807, 2.05) is 0 Å². The number of para-hydroxylation sites is 2. The van der Waals surface area contributed by atoms with Crippen LogP contribution in [0.25, 0.3) is 22.4 Å². The van der Waals surface area contributed by atoms with Gasteiger partial charge in [0.25, 0.3) is 5.82 Å². The van der Waals surface area contributed by atoms with Gasteiger partial charge in [0.05, 0.1) is 12.1 Å². The zero-order chi connectivity index (χ0) is 12.5. The molecule has 3 heteroatoms. The Bertz CT molecular complexity index is 683. The number of halogens is 1. The largest absolute Gasteiger partial charge is 0.287 e. The maximum Gasteiger partial charge on any atom is 0.287 e. The van der Waals surface area contributed by atoms with E-state index in [4.69, 9.17) is 0 Å². The molecular formula is C15H14BrN2+. The van der Waals surface area contributed by atoms with Crippen molar-refractivity contribution in [2.45, 2.75) is 13.5 Å². The number of aryl methyl sites for hydroxylation is 1. The SMILES string of the molecule is CC[n+]1c(-c2ccc(Br)cc2)[nH]c2ccccc21. The number of rotatable bonds is 2. The summed E-state index contributed by atoms with van der Waals surface area (Å²) >= 11 is 3.47. The Hall–Kier alpha value is -1.61. The van der Waals surface area contributed by atoms with E-state index in [0.29, 0.717) is 0 Å².